The number of thiophene rings is 1. The molecule has 0 amide bonds. The van der Waals surface area contributed by atoms with E-state index < -0.39 is 0 Å². The van der Waals surface area contributed by atoms with E-state index >= 15 is 0 Å². The van der Waals surface area contributed by atoms with E-state index in [1.165, 1.54) is 15.0 Å². The summed E-state index contributed by atoms with van der Waals surface area (Å²) in [5.41, 5.74) is 0. The maximum absolute atomic E-state index is 5.68. The Kier molecular flexibility index (Phi) is 4.20. The van der Waals surface area contributed by atoms with Gasteiger partial charge in [-0.05, 0) is 36.6 Å². The maximum atomic E-state index is 5.68. The summed E-state index contributed by atoms with van der Waals surface area (Å²) >= 11 is 1.81. The van der Waals surface area contributed by atoms with Crippen LogP contribution >= 0.6 is 11.3 Å². The molecule has 0 N–H and O–H groups in total. The molecule has 2 rings (SSSR count). The van der Waals surface area contributed by atoms with E-state index in [1.807, 2.05) is 36.4 Å². The molecule has 1 heterocycles. The van der Waals surface area contributed by atoms with Crippen LogP contribution in [0.15, 0.2) is 29.3 Å². The Morgan fingerprint density at radius 3 is 2.94 bits per heavy atom. The lowest BCUT2D eigenvalue weighted by Gasteiger charge is -2.05. The maximum Gasteiger partial charge on any atom is 0.120 e. The van der Waals surface area contributed by atoms with Crippen molar-refractivity contribution in [3.05, 3.63) is 29.1 Å². The van der Waals surface area contributed by atoms with Crippen molar-refractivity contribution < 1.29 is 4.74 Å². The van der Waals surface area contributed by atoms with Gasteiger partial charge in [-0.3, -0.25) is 4.99 Å². The Labute approximate surface area is 112 Å². The Balaban J connectivity index is 1.91. The van der Waals surface area contributed by atoms with Crippen LogP contribution in [0.5, 0.6) is 5.75 Å². The minimum Gasteiger partial charge on any atom is -0.492 e. The average molecular weight is 262 g/mol. The first-order valence-corrected chi connectivity index (χ1v) is 6.76. The van der Waals surface area contributed by atoms with Gasteiger partial charge >= 0.3 is 0 Å². The van der Waals surface area contributed by atoms with Crippen LogP contribution in [0.25, 0.3) is 10.1 Å². The third-order valence-electron chi connectivity index (χ3n) is 2.41. The molecule has 0 radical (unpaired) electrons. The number of ether oxygens (including phenoxy) is 1. The second-order valence-electron chi connectivity index (χ2n) is 4.39. The highest BCUT2D eigenvalue weighted by Gasteiger charge is 2.00. The molecule has 1 aromatic heterocycles. The molecule has 4 heteroatoms. The standard InChI is InChI=1S/C14H18N2OS/c1-11-8-12-9-13(4-5-14(12)18-11)17-7-6-15-10-16(2)3/h4-5,8-10H,6-7H2,1-3H3/b15-10+. The van der Waals surface area contributed by atoms with Gasteiger partial charge in [-0.15, -0.1) is 11.3 Å². The fraction of sp³-hybridized carbons (Fsp3) is 0.357. The van der Waals surface area contributed by atoms with Crippen molar-refractivity contribution in [2.45, 2.75) is 6.92 Å². The lowest BCUT2D eigenvalue weighted by atomic mass is 10.2. The van der Waals surface area contributed by atoms with E-state index in [2.05, 4.69) is 30.1 Å². The monoisotopic (exact) mass is 262 g/mol. The van der Waals surface area contributed by atoms with Crippen molar-refractivity contribution in [3.8, 4) is 5.75 Å². The molecule has 0 saturated heterocycles. The number of fused-ring (bicyclic) bond motifs is 1. The number of aryl methyl sites for hydroxylation is 1. The number of benzene rings is 1. The van der Waals surface area contributed by atoms with Gasteiger partial charge in [-0.2, -0.15) is 0 Å². The van der Waals surface area contributed by atoms with Crippen molar-refractivity contribution in [1.29, 1.82) is 0 Å². The molecule has 3 nitrogen and oxygen atoms in total. The van der Waals surface area contributed by atoms with Gasteiger partial charge in [0.05, 0.1) is 12.9 Å². The van der Waals surface area contributed by atoms with Crippen LogP contribution in [0.4, 0.5) is 0 Å². The zero-order chi connectivity index (χ0) is 13.0. The van der Waals surface area contributed by atoms with Gasteiger partial charge in [0.1, 0.15) is 12.4 Å². The molecule has 0 aliphatic rings. The van der Waals surface area contributed by atoms with Crippen molar-refractivity contribution in [2.24, 2.45) is 4.99 Å². The smallest absolute Gasteiger partial charge is 0.120 e. The minimum absolute atomic E-state index is 0.610. The molecular weight excluding hydrogens is 244 g/mol. The molecule has 1 aromatic carbocycles. The summed E-state index contributed by atoms with van der Waals surface area (Å²) in [4.78, 5) is 7.48. The largest absolute Gasteiger partial charge is 0.492 e. The normalized spacial score (nSPS) is 11.3. The summed E-state index contributed by atoms with van der Waals surface area (Å²) in [5.74, 6) is 0.917. The first kappa shape index (κ1) is 12.9. The highest BCUT2D eigenvalue weighted by molar-refractivity contribution is 7.19. The van der Waals surface area contributed by atoms with Gasteiger partial charge < -0.3 is 9.64 Å². The molecule has 0 bridgehead atoms. The van der Waals surface area contributed by atoms with E-state index in [9.17, 15) is 0 Å². The molecule has 0 fully saturated rings. The first-order chi connectivity index (χ1) is 8.65. The Bertz CT molecular complexity index is 546. The van der Waals surface area contributed by atoms with Gasteiger partial charge in [0.25, 0.3) is 0 Å². The predicted molar refractivity (Wildman–Crippen MR) is 79.1 cm³/mol. The lowest BCUT2D eigenvalue weighted by Crippen LogP contribution is -2.09. The van der Waals surface area contributed by atoms with Crippen molar-refractivity contribution in [2.75, 3.05) is 27.2 Å². The third-order valence-corrected chi connectivity index (χ3v) is 3.44. The van der Waals surface area contributed by atoms with Crippen LogP contribution in [0.1, 0.15) is 4.88 Å². The third kappa shape index (κ3) is 3.47. The van der Waals surface area contributed by atoms with Gasteiger partial charge in [-0.25, -0.2) is 0 Å². The summed E-state index contributed by atoms with van der Waals surface area (Å²) in [6, 6.07) is 8.42. The summed E-state index contributed by atoms with van der Waals surface area (Å²) < 4.78 is 6.99. The molecule has 2 aromatic rings. The molecule has 18 heavy (non-hydrogen) atoms. The Morgan fingerprint density at radius 1 is 1.33 bits per heavy atom. The number of aliphatic imine (C=N–C) groups is 1. The molecule has 96 valence electrons. The molecule has 0 unspecified atom stereocenters. The fourth-order valence-electron chi connectivity index (χ4n) is 1.68. The molecule has 0 saturated carbocycles. The topological polar surface area (TPSA) is 24.8 Å². The van der Waals surface area contributed by atoms with Crippen molar-refractivity contribution in [1.82, 2.24) is 4.90 Å². The van der Waals surface area contributed by atoms with E-state index in [0.29, 0.717) is 13.2 Å². The quantitative estimate of drug-likeness (QED) is 0.470. The van der Waals surface area contributed by atoms with E-state index in [0.717, 1.165) is 5.75 Å². The van der Waals surface area contributed by atoms with E-state index in [1.54, 1.807) is 6.34 Å². The summed E-state index contributed by atoms with van der Waals surface area (Å²) in [6.07, 6.45) is 1.80. The van der Waals surface area contributed by atoms with Crippen LogP contribution in [-0.2, 0) is 0 Å². The number of rotatable bonds is 5. The fourth-order valence-corrected chi connectivity index (χ4v) is 2.59. The highest BCUT2D eigenvalue weighted by Crippen LogP contribution is 2.28. The van der Waals surface area contributed by atoms with Crippen LogP contribution in [0.3, 0.4) is 0 Å². The summed E-state index contributed by atoms with van der Waals surface area (Å²) in [6.45, 7) is 3.42. The van der Waals surface area contributed by atoms with E-state index in [-0.39, 0.29) is 0 Å². The SMILES string of the molecule is Cc1cc2cc(OCC/N=C/N(C)C)ccc2s1. The number of nitrogens with zero attached hydrogens (tertiary/aromatic N) is 2. The van der Waals surface area contributed by atoms with Crippen LogP contribution in [-0.4, -0.2) is 38.5 Å². The second kappa shape index (κ2) is 5.87. The van der Waals surface area contributed by atoms with Crippen LogP contribution < -0.4 is 4.74 Å². The average Bonchev–Trinajstić information content (AvgIpc) is 2.67. The molecule has 0 spiro atoms. The van der Waals surface area contributed by atoms with Crippen molar-refractivity contribution >= 4 is 27.8 Å². The second-order valence-corrected chi connectivity index (χ2v) is 5.68. The molecule has 0 atom stereocenters. The van der Waals surface area contributed by atoms with E-state index in [4.69, 9.17) is 4.74 Å². The lowest BCUT2D eigenvalue weighted by molar-refractivity contribution is 0.329. The molecule has 0 aliphatic carbocycles. The van der Waals surface area contributed by atoms with Crippen LogP contribution in [0.2, 0.25) is 0 Å². The van der Waals surface area contributed by atoms with Crippen molar-refractivity contribution in [3.63, 3.8) is 0 Å². The number of hydrogen-bond acceptors (Lipinski definition) is 3. The number of hydrogen-bond donors (Lipinski definition) is 0. The summed E-state index contributed by atoms with van der Waals surface area (Å²) in [7, 11) is 3.91. The summed E-state index contributed by atoms with van der Waals surface area (Å²) in [5, 5.41) is 1.26. The Morgan fingerprint density at radius 2 is 2.17 bits per heavy atom. The van der Waals surface area contributed by atoms with Gasteiger partial charge in [0.15, 0.2) is 0 Å². The molecule has 0 aliphatic heterocycles. The highest BCUT2D eigenvalue weighted by atomic mass is 32.1. The van der Waals surface area contributed by atoms with Gasteiger partial charge in [-0.1, -0.05) is 0 Å². The molecular formula is C14H18N2OS. The zero-order valence-electron chi connectivity index (χ0n) is 11.0. The minimum atomic E-state index is 0.610. The Hall–Kier alpha value is -1.55. The van der Waals surface area contributed by atoms with Gasteiger partial charge in [0, 0.05) is 23.7 Å². The first-order valence-electron chi connectivity index (χ1n) is 5.94. The zero-order valence-corrected chi connectivity index (χ0v) is 11.8. The van der Waals surface area contributed by atoms with Crippen LogP contribution in [0, 0.1) is 6.92 Å². The predicted octanol–water partition coefficient (Wildman–Crippen LogP) is 3.18. The van der Waals surface area contributed by atoms with Gasteiger partial charge in [0.2, 0.25) is 0 Å².